The second-order valence-corrected chi connectivity index (χ2v) is 5.67. The molecule has 0 aliphatic rings. The average molecular weight is 281 g/mol. The minimum absolute atomic E-state index is 0.248. The summed E-state index contributed by atoms with van der Waals surface area (Å²) >= 11 is 0. The van der Waals surface area contributed by atoms with Crippen molar-refractivity contribution in [3.63, 3.8) is 0 Å². The van der Waals surface area contributed by atoms with Gasteiger partial charge in [0, 0.05) is 13.1 Å². The van der Waals surface area contributed by atoms with E-state index in [4.69, 9.17) is 4.74 Å². The molecular weight excluding hydrogens is 254 g/mol. The molecule has 0 aromatic heterocycles. The van der Waals surface area contributed by atoms with E-state index in [-0.39, 0.29) is 12.7 Å². The van der Waals surface area contributed by atoms with Crippen LogP contribution in [0.4, 0.5) is 0 Å². The SMILES string of the molecule is Cc1ccccc1OCC(O)CNCC(O)CC(C)C. The van der Waals surface area contributed by atoms with Crippen LogP contribution >= 0.6 is 0 Å². The average Bonchev–Trinajstić information content (AvgIpc) is 2.37. The molecule has 4 heteroatoms. The van der Waals surface area contributed by atoms with Crippen LogP contribution in [-0.4, -0.2) is 42.1 Å². The van der Waals surface area contributed by atoms with Crippen LogP contribution in [0.15, 0.2) is 24.3 Å². The van der Waals surface area contributed by atoms with Gasteiger partial charge >= 0.3 is 0 Å². The highest BCUT2D eigenvalue weighted by Crippen LogP contribution is 2.16. The van der Waals surface area contributed by atoms with E-state index in [0.29, 0.717) is 19.0 Å². The van der Waals surface area contributed by atoms with Crippen molar-refractivity contribution in [2.45, 2.75) is 39.4 Å². The monoisotopic (exact) mass is 281 g/mol. The molecule has 0 saturated heterocycles. The fourth-order valence-corrected chi connectivity index (χ4v) is 2.01. The van der Waals surface area contributed by atoms with E-state index in [2.05, 4.69) is 19.2 Å². The molecule has 1 aromatic rings. The van der Waals surface area contributed by atoms with Gasteiger partial charge in [0.05, 0.1) is 6.10 Å². The van der Waals surface area contributed by atoms with Crippen molar-refractivity contribution in [3.8, 4) is 5.75 Å². The fraction of sp³-hybridized carbons (Fsp3) is 0.625. The van der Waals surface area contributed by atoms with Crippen molar-refractivity contribution in [1.29, 1.82) is 0 Å². The number of hydrogen-bond donors (Lipinski definition) is 3. The van der Waals surface area contributed by atoms with Crippen molar-refractivity contribution < 1.29 is 14.9 Å². The van der Waals surface area contributed by atoms with E-state index < -0.39 is 6.10 Å². The van der Waals surface area contributed by atoms with Crippen molar-refractivity contribution in [3.05, 3.63) is 29.8 Å². The Kier molecular flexibility index (Phi) is 7.59. The van der Waals surface area contributed by atoms with Crippen LogP contribution in [0.2, 0.25) is 0 Å². The Labute approximate surface area is 121 Å². The highest BCUT2D eigenvalue weighted by molar-refractivity contribution is 5.31. The topological polar surface area (TPSA) is 61.7 Å². The largest absolute Gasteiger partial charge is 0.491 e. The molecule has 0 spiro atoms. The second-order valence-electron chi connectivity index (χ2n) is 5.67. The zero-order chi connectivity index (χ0) is 15.0. The lowest BCUT2D eigenvalue weighted by molar-refractivity contribution is 0.0963. The Hall–Kier alpha value is -1.10. The summed E-state index contributed by atoms with van der Waals surface area (Å²) in [7, 11) is 0. The molecule has 0 fully saturated rings. The zero-order valence-electron chi connectivity index (χ0n) is 12.7. The molecule has 0 saturated carbocycles. The first-order valence-corrected chi connectivity index (χ1v) is 7.24. The lowest BCUT2D eigenvalue weighted by Gasteiger charge is -2.17. The highest BCUT2D eigenvalue weighted by Gasteiger charge is 2.09. The van der Waals surface area contributed by atoms with E-state index >= 15 is 0 Å². The molecule has 20 heavy (non-hydrogen) atoms. The predicted molar refractivity (Wildman–Crippen MR) is 81.0 cm³/mol. The quantitative estimate of drug-likeness (QED) is 0.645. The summed E-state index contributed by atoms with van der Waals surface area (Å²) in [6, 6.07) is 7.73. The van der Waals surface area contributed by atoms with Gasteiger partial charge in [0.1, 0.15) is 18.5 Å². The number of aliphatic hydroxyl groups is 2. The van der Waals surface area contributed by atoms with E-state index in [9.17, 15) is 10.2 Å². The Morgan fingerprint density at radius 2 is 1.75 bits per heavy atom. The molecule has 0 amide bonds. The van der Waals surface area contributed by atoms with Crippen LogP contribution < -0.4 is 10.1 Å². The predicted octanol–water partition coefficient (Wildman–Crippen LogP) is 1.73. The molecular formula is C16H27NO3. The minimum atomic E-state index is -0.583. The summed E-state index contributed by atoms with van der Waals surface area (Å²) in [6.07, 6.45) is -0.177. The molecule has 2 atom stereocenters. The summed E-state index contributed by atoms with van der Waals surface area (Å²) in [5.74, 6) is 1.27. The standard InChI is InChI=1S/C16H27NO3/c1-12(2)8-14(18)9-17-10-15(19)11-20-16-7-5-4-6-13(16)3/h4-7,12,14-15,17-19H,8-11H2,1-3H3. The van der Waals surface area contributed by atoms with Crippen molar-refractivity contribution in [2.24, 2.45) is 5.92 Å². The maximum Gasteiger partial charge on any atom is 0.122 e. The maximum absolute atomic E-state index is 9.83. The van der Waals surface area contributed by atoms with Gasteiger partial charge in [-0.25, -0.2) is 0 Å². The normalized spacial score (nSPS) is 14.3. The smallest absolute Gasteiger partial charge is 0.122 e. The number of aryl methyl sites for hydroxylation is 1. The second kappa shape index (κ2) is 8.95. The van der Waals surface area contributed by atoms with Crippen LogP contribution in [0.3, 0.4) is 0 Å². The summed E-state index contributed by atoms with van der Waals surface area (Å²) in [4.78, 5) is 0. The first-order valence-electron chi connectivity index (χ1n) is 7.24. The molecule has 1 rings (SSSR count). The number of rotatable bonds is 9. The summed E-state index contributed by atoms with van der Waals surface area (Å²) in [5, 5.41) is 22.6. The summed E-state index contributed by atoms with van der Waals surface area (Å²) in [6.45, 7) is 7.29. The molecule has 2 unspecified atom stereocenters. The molecule has 0 aliphatic heterocycles. The first-order chi connectivity index (χ1) is 9.49. The van der Waals surface area contributed by atoms with Gasteiger partial charge in [-0.3, -0.25) is 0 Å². The van der Waals surface area contributed by atoms with Gasteiger partial charge in [-0.15, -0.1) is 0 Å². The van der Waals surface area contributed by atoms with Crippen LogP contribution in [0.5, 0.6) is 5.75 Å². The Morgan fingerprint density at radius 1 is 1.10 bits per heavy atom. The lowest BCUT2D eigenvalue weighted by Crippen LogP contribution is -2.36. The number of hydrogen-bond acceptors (Lipinski definition) is 4. The Bertz CT molecular complexity index is 382. The first kappa shape index (κ1) is 17.0. The third-order valence-corrected chi connectivity index (χ3v) is 3.03. The van der Waals surface area contributed by atoms with Gasteiger partial charge < -0.3 is 20.3 Å². The molecule has 0 radical (unpaired) electrons. The van der Waals surface area contributed by atoms with E-state index in [0.717, 1.165) is 17.7 Å². The van der Waals surface area contributed by atoms with Gasteiger partial charge in [0.2, 0.25) is 0 Å². The van der Waals surface area contributed by atoms with Crippen LogP contribution in [0, 0.1) is 12.8 Å². The molecule has 0 bridgehead atoms. The van der Waals surface area contributed by atoms with Gasteiger partial charge in [-0.1, -0.05) is 32.0 Å². The molecule has 3 N–H and O–H groups in total. The fourth-order valence-electron chi connectivity index (χ4n) is 2.01. The summed E-state index contributed by atoms with van der Waals surface area (Å²) < 4.78 is 5.57. The zero-order valence-corrected chi connectivity index (χ0v) is 12.7. The van der Waals surface area contributed by atoms with Crippen LogP contribution in [0.25, 0.3) is 0 Å². The molecule has 0 heterocycles. The number of aliphatic hydroxyl groups excluding tert-OH is 2. The van der Waals surface area contributed by atoms with Crippen LogP contribution in [-0.2, 0) is 0 Å². The van der Waals surface area contributed by atoms with Crippen LogP contribution in [0.1, 0.15) is 25.8 Å². The van der Waals surface area contributed by atoms with Crippen molar-refractivity contribution >= 4 is 0 Å². The number of benzene rings is 1. The lowest BCUT2D eigenvalue weighted by atomic mass is 10.1. The number of nitrogens with one attached hydrogen (secondary N) is 1. The summed E-state index contributed by atoms with van der Waals surface area (Å²) in [5.41, 5.74) is 1.06. The van der Waals surface area contributed by atoms with Crippen molar-refractivity contribution in [2.75, 3.05) is 19.7 Å². The van der Waals surface area contributed by atoms with Gasteiger partial charge in [0.25, 0.3) is 0 Å². The number of para-hydroxylation sites is 1. The molecule has 4 nitrogen and oxygen atoms in total. The van der Waals surface area contributed by atoms with E-state index in [1.54, 1.807) is 0 Å². The molecule has 0 aliphatic carbocycles. The van der Waals surface area contributed by atoms with Crippen molar-refractivity contribution in [1.82, 2.24) is 5.32 Å². The third kappa shape index (κ3) is 6.89. The Balaban J connectivity index is 2.18. The van der Waals surface area contributed by atoms with Gasteiger partial charge in [0.15, 0.2) is 0 Å². The van der Waals surface area contributed by atoms with Gasteiger partial charge in [-0.2, -0.15) is 0 Å². The third-order valence-electron chi connectivity index (χ3n) is 3.03. The van der Waals surface area contributed by atoms with Gasteiger partial charge in [-0.05, 0) is 30.9 Å². The highest BCUT2D eigenvalue weighted by atomic mass is 16.5. The Morgan fingerprint density at radius 3 is 2.40 bits per heavy atom. The minimum Gasteiger partial charge on any atom is -0.491 e. The maximum atomic E-state index is 9.83. The van der Waals surface area contributed by atoms with E-state index in [1.165, 1.54) is 0 Å². The number of ether oxygens (including phenoxy) is 1. The molecule has 1 aromatic carbocycles. The van der Waals surface area contributed by atoms with E-state index in [1.807, 2.05) is 31.2 Å². The molecule has 114 valence electrons.